The highest BCUT2D eigenvalue weighted by Crippen LogP contribution is 2.09. The standard InChI is InChI=1S/C12H17BrN2O/c1-4-10(8(2)3)15-12(16)11-6-5-9(13)7-14-11/h5-8,10H,4H2,1-3H3,(H,15,16). The molecular formula is C12H17BrN2O. The second-order valence-corrected chi connectivity index (χ2v) is 5.01. The quantitative estimate of drug-likeness (QED) is 0.924. The minimum Gasteiger partial charge on any atom is -0.348 e. The molecule has 88 valence electrons. The smallest absolute Gasteiger partial charge is 0.270 e. The molecule has 0 fully saturated rings. The van der Waals surface area contributed by atoms with E-state index in [1.165, 1.54) is 0 Å². The predicted molar refractivity (Wildman–Crippen MR) is 68.3 cm³/mol. The minimum atomic E-state index is -0.104. The van der Waals surface area contributed by atoms with E-state index in [1.807, 2.05) is 6.07 Å². The van der Waals surface area contributed by atoms with Gasteiger partial charge in [0, 0.05) is 16.7 Å². The Bertz CT molecular complexity index is 349. The summed E-state index contributed by atoms with van der Waals surface area (Å²) in [4.78, 5) is 15.9. The molecule has 0 bridgehead atoms. The zero-order valence-corrected chi connectivity index (χ0v) is 11.4. The molecule has 1 rings (SSSR count). The van der Waals surface area contributed by atoms with Crippen LogP contribution in [-0.4, -0.2) is 16.9 Å². The number of hydrogen-bond donors (Lipinski definition) is 1. The van der Waals surface area contributed by atoms with Crippen molar-refractivity contribution in [2.45, 2.75) is 33.2 Å². The van der Waals surface area contributed by atoms with E-state index in [9.17, 15) is 4.79 Å². The van der Waals surface area contributed by atoms with Gasteiger partial charge < -0.3 is 5.32 Å². The number of hydrogen-bond acceptors (Lipinski definition) is 2. The minimum absolute atomic E-state index is 0.104. The molecule has 1 N–H and O–H groups in total. The summed E-state index contributed by atoms with van der Waals surface area (Å²) in [5.74, 6) is 0.331. The normalized spacial score (nSPS) is 12.6. The summed E-state index contributed by atoms with van der Waals surface area (Å²) in [5, 5.41) is 2.99. The third kappa shape index (κ3) is 3.59. The Morgan fingerprint density at radius 2 is 2.19 bits per heavy atom. The molecule has 3 nitrogen and oxygen atoms in total. The van der Waals surface area contributed by atoms with Gasteiger partial charge in [0.05, 0.1) is 0 Å². The van der Waals surface area contributed by atoms with Gasteiger partial charge in [0.1, 0.15) is 5.69 Å². The lowest BCUT2D eigenvalue weighted by atomic mass is 10.0. The van der Waals surface area contributed by atoms with Gasteiger partial charge in [-0.1, -0.05) is 20.8 Å². The Kier molecular flexibility index (Phi) is 4.93. The second-order valence-electron chi connectivity index (χ2n) is 4.09. The second kappa shape index (κ2) is 5.99. The number of amides is 1. The van der Waals surface area contributed by atoms with E-state index >= 15 is 0 Å². The molecule has 1 aromatic rings. The van der Waals surface area contributed by atoms with Crippen molar-refractivity contribution in [1.82, 2.24) is 10.3 Å². The number of nitrogens with one attached hydrogen (secondary N) is 1. The molecule has 1 atom stereocenters. The molecule has 0 aromatic carbocycles. The molecule has 0 radical (unpaired) electrons. The number of carbonyl (C=O) groups is 1. The Hall–Kier alpha value is -0.900. The first kappa shape index (κ1) is 13.2. The SMILES string of the molecule is CCC(NC(=O)c1ccc(Br)cn1)C(C)C. The van der Waals surface area contributed by atoms with Gasteiger partial charge in [0.25, 0.3) is 5.91 Å². The molecular weight excluding hydrogens is 268 g/mol. The topological polar surface area (TPSA) is 42.0 Å². The number of carbonyl (C=O) groups excluding carboxylic acids is 1. The van der Waals surface area contributed by atoms with E-state index in [-0.39, 0.29) is 11.9 Å². The van der Waals surface area contributed by atoms with Gasteiger partial charge in [-0.15, -0.1) is 0 Å². The van der Waals surface area contributed by atoms with Crippen LogP contribution in [0.5, 0.6) is 0 Å². The van der Waals surface area contributed by atoms with Crippen LogP contribution in [0.25, 0.3) is 0 Å². The molecule has 16 heavy (non-hydrogen) atoms. The highest BCUT2D eigenvalue weighted by Gasteiger charge is 2.15. The fraction of sp³-hybridized carbons (Fsp3) is 0.500. The summed E-state index contributed by atoms with van der Waals surface area (Å²) < 4.78 is 0.875. The third-order valence-corrected chi connectivity index (χ3v) is 2.99. The largest absolute Gasteiger partial charge is 0.348 e. The lowest BCUT2D eigenvalue weighted by Gasteiger charge is -2.20. The molecule has 0 saturated carbocycles. The fourth-order valence-electron chi connectivity index (χ4n) is 1.49. The average Bonchev–Trinajstić information content (AvgIpc) is 2.26. The van der Waals surface area contributed by atoms with E-state index in [2.05, 4.69) is 47.0 Å². The summed E-state index contributed by atoms with van der Waals surface area (Å²) in [7, 11) is 0. The zero-order chi connectivity index (χ0) is 12.1. The molecule has 1 heterocycles. The first-order valence-electron chi connectivity index (χ1n) is 5.47. The predicted octanol–water partition coefficient (Wildman–Crippen LogP) is 3.01. The van der Waals surface area contributed by atoms with Crippen molar-refractivity contribution in [2.24, 2.45) is 5.92 Å². The lowest BCUT2D eigenvalue weighted by Crippen LogP contribution is -2.38. The summed E-state index contributed by atoms with van der Waals surface area (Å²) in [5.41, 5.74) is 0.460. The van der Waals surface area contributed by atoms with Crippen LogP contribution in [-0.2, 0) is 0 Å². The monoisotopic (exact) mass is 284 g/mol. The molecule has 0 spiro atoms. The Morgan fingerprint density at radius 1 is 1.50 bits per heavy atom. The summed E-state index contributed by atoms with van der Waals surface area (Å²) >= 11 is 3.29. The van der Waals surface area contributed by atoms with Crippen molar-refractivity contribution in [1.29, 1.82) is 0 Å². The van der Waals surface area contributed by atoms with Gasteiger partial charge in [-0.3, -0.25) is 4.79 Å². The average molecular weight is 285 g/mol. The van der Waals surface area contributed by atoms with Crippen molar-refractivity contribution >= 4 is 21.8 Å². The zero-order valence-electron chi connectivity index (χ0n) is 9.83. The van der Waals surface area contributed by atoms with Crippen LogP contribution < -0.4 is 5.32 Å². The van der Waals surface area contributed by atoms with Crippen molar-refractivity contribution < 1.29 is 4.79 Å². The Balaban J connectivity index is 2.68. The van der Waals surface area contributed by atoms with Gasteiger partial charge in [0.2, 0.25) is 0 Å². The summed E-state index contributed by atoms with van der Waals surface area (Å²) in [6.07, 6.45) is 2.56. The van der Waals surface area contributed by atoms with E-state index in [0.717, 1.165) is 10.9 Å². The van der Waals surface area contributed by atoms with Crippen molar-refractivity contribution in [3.63, 3.8) is 0 Å². The number of pyridine rings is 1. The molecule has 0 aliphatic rings. The van der Waals surface area contributed by atoms with E-state index < -0.39 is 0 Å². The van der Waals surface area contributed by atoms with Crippen LogP contribution in [0.4, 0.5) is 0 Å². The van der Waals surface area contributed by atoms with Gasteiger partial charge in [-0.25, -0.2) is 4.98 Å². The van der Waals surface area contributed by atoms with Crippen LogP contribution >= 0.6 is 15.9 Å². The maximum atomic E-state index is 11.8. The maximum Gasteiger partial charge on any atom is 0.270 e. The summed E-state index contributed by atoms with van der Waals surface area (Å²) in [6.45, 7) is 6.27. The molecule has 1 unspecified atom stereocenters. The van der Waals surface area contributed by atoms with Crippen molar-refractivity contribution in [2.75, 3.05) is 0 Å². The molecule has 1 amide bonds. The van der Waals surface area contributed by atoms with Crippen LogP contribution in [0.1, 0.15) is 37.7 Å². The van der Waals surface area contributed by atoms with Crippen molar-refractivity contribution in [3.05, 3.63) is 28.5 Å². The van der Waals surface area contributed by atoms with Crippen LogP contribution in [0.15, 0.2) is 22.8 Å². The van der Waals surface area contributed by atoms with E-state index in [4.69, 9.17) is 0 Å². The van der Waals surface area contributed by atoms with Crippen LogP contribution in [0.3, 0.4) is 0 Å². The molecule has 0 saturated heterocycles. The van der Waals surface area contributed by atoms with Gasteiger partial charge >= 0.3 is 0 Å². The van der Waals surface area contributed by atoms with Crippen LogP contribution in [0, 0.1) is 5.92 Å². The fourth-order valence-corrected chi connectivity index (χ4v) is 1.73. The molecule has 4 heteroatoms. The third-order valence-electron chi connectivity index (χ3n) is 2.52. The van der Waals surface area contributed by atoms with Gasteiger partial charge in [-0.2, -0.15) is 0 Å². The highest BCUT2D eigenvalue weighted by atomic mass is 79.9. The maximum absolute atomic E-state index is 11.8. The number of nitrogens with zero attached hydrogens (tertiary/aromatic N) is 1. The summed E-state index contributed by atoms with van der Waals surface area (Å²) in [6, 6.07) is 3.74. The highest BCUT2D eigenvalue weighted by molar-refractivity contribution is 9.10. The molecule has 1 aromatic heterocycles. The molecule has 0 aliphatic heterocycles. The molecule has 0 aliphatic carbocycles. The van der Waals surface area contributed by atoms with Crippen molar-refractivity contribution in [3.8, 4) is 0 Å². The van der Waals surface area contributed by atoms with Crippen LogP contribution in [0.2, 0.25) is 0 Å². The number of aromatic nitrogens is 1. The Labute approximate surface area is 105 Å². The first-order chi connectivity index (χ1) is 7.54. The van der Waals surface area contributed by atoms with E-state index in [1.54, 1.807) is 12.3 Å². The van der Waals surface area contributed by atoms with Gasteiger partial charge in [-0.05, 0) is 40.4 Å². The number of halogens is 1. The first-order valence-corrected chi connectivity index (χ1v) is 6.26. The van der Waals surface area contributed by atoms with E-state index in [0.29, 0.717) is 11.6 Å². The number of rotatable bonds is 4. The van der Waals surface area contributed by atoms with Gasteiger partial charge in [0.15, 0.2) is 0 Å². The lowest BCUT2D eigenvalue weighted by molar-refractivity contribution is 0.0919. The Morgan fingerprint density at radius 3 is 2.62 bits per heavy atom.